The van der Waals surface area contributed by atoms with E-state index in [9.17, 15) is 0 Å². The van der Waals surface area contributed by atoms with E-state index in [0.717, 1.165) is 38.8 Å². The monoisotopic (exact) mass is 765 g/mol. The Balaban J connectivity index is 1.11. The largest absolute Gasteiger partial charge is 0.455 e. The molecule has 282 valence electrons. The number of nitrogens with zero attached hydrogens (tertiary/aromatic N) is 1. The van der Waals surface area contributed by atoms with E-state index in [1.807, 2.05) is 6.07 Å². The Morgan fingerprint density at radius 1 is 0.383 bits per heavy atom. The molecule has 3 aliphatic carbocycles. The van der Waals surface area contributed by atoms with E-state index in [-0.39, 0.29) is 5.41 Å². The third-order valence-corrected chi connectivity index (χ3v) is 13.9. The zero-order valence-electron chi connectivity index (χ0n) is 33.4. The van der Waals surface area contributed by atoms with E-state index in [4.69, 9.17) is 4.42 Å². The van der Waals surface area contributed by atoms with Crippen LogP contribution in [0.3, 0.4) is 0 Å². The lowest BCUT2D eigenvalue weighted by Gasteiger charge is -2.36. The van der Waals surface area contributed by atoms with Gasteiger partial charge in [-0.1, -0.05) is 184 Å². The van der Waals surface area contributed by atoms with Gasteiger partial charge in [0.15, 0.2) is 0 Å². The van der Waals surface area contributed by atoms with Gasteiger partial charge in [-0.25, -0.2) is 0 Å². The minimum absolute atomic E-state index is 0.151. The molecular weight excluding hydrogens is 727 g/mol. The van der Waals surface area contributed by atoms with Crippen molar-refractivity contribution >= 4 is 39.0 Å². The van der Waals surface area contributed by atoms with Crippen LogP contribution >= 0.6 is 0 Å². The highest BCUT2D eigenvalue weighted by Crippen LogP contribution is 2.66. The number of hydrogen-bond acceptors (Lipinski definition) is 2. The fraction of sp³-hybridized carbons (Fsp3) is 0.0690. The molecule has 0 bridgehead atoms. The average Bonchev–Trinajstić information content (AvgIpc) is 4.00. The topological polar surface area (TPSA) is 16.4 Å². The summed E-state index contributed by atoms with van der Waals surface area (Å²) in [5, 5.41) is 2.28. The molecule has 0 radical (unpaired) electrons. The summed E-state index contributed by atoms with van der Waals surface area (Å²) in [6.07, 6.45) is 0. The third kappa shape index (κ3) is 4.22. The Hall–Kier alpha value is -7.42. The summed E-state index contributed by atoms with van der Waals surface area (Å²) in [4.78, 5) is 2.57. The maximum absolute atomic E-state index is 6.54. The van der Waals surface area contributed by atoms with Gasteiger partial charge in [-0.2, -0.15) is 0 Å². The molecule has 9 aromatic carbocycles. The zero-order chi connectivity index (χ0) is 39.7. The number of benzene rings is 9. The van der Waals surface area contributed by atoms with Crippen LogP contribution in [0.5, 0.6) is 0 Å². The minimum Gasteiger partial charge on any atom is -0.455 e. The second kappa shape index (κ2) is 12.1. The van der Waals surface area contributed by atoms with Crippen molar-refractivity contribution in [1.82, 2.24) is 0 Å². The van der Waals surface area contributed by atoms with Gasteiger partial charge < -0.3 is 9.32 Å². The summed E-state index contributed by atoms with van der Waals surface area (Å²) >= 11 is 0. The number of rotatable bonds is 4. The van der Waals surface area contributed by atoms with E-state index in [1.54, 1.807) is 0 Å². The van der Waals surface area contributed by atoms with Crippen LogP contribution in [0.2, 0.25) is 0 Å². The van der Waals surface area contributed by atoms with E-state index in [2.05, 4.69) is 213 Å². The molecule has 0 amide bonds. The van der Waals surface area contributed by atoms with Crippen LogP contribution in [0, 0.1) is 0 Å². The SMILES string of the molecule is CC1(C)c2ccccc2-c2c(N(c3ccc(-c4cccc5c4oc4ccccc45)cc3)c3cccc4c3C3(c5ccccc5-c5ccccc53)c3ccccc3-4)cccc21. The summed E-state index contributed by atoms with van der Waals surface area (Å²) in [7, 11) is 0. The third-order valence-electron chi connectivity index (χ3n) is 13.9. The lowest BCUT2D eigenvalue weighted by molar-refractivity contribution is 0.660. The Kier molecular flexibility index (Phi) is 6.74. The van der Waals surface area contributed by atoms with E-state index in [1.165, 1.54) is 78.1 Å². The Bertz CT molecular complexity index is 3360. The number of furan rings is 1. The summed E-state index contributed by atoms with van der Waals surface area (Å²) < 4.78 is 6.54. The van der Waals surface area contributed by atoms with Crippen LogP contribution in [0.15, 0.2) is 205 Å². The van der Waals surface area contributed by atoms with Crippen LogP contribution in [0.25, 0.3) is 66.4 Å². The van der Waals surface area contributed by atoms with Gasteiger partial charge in [0.05, 0.1) is 16.8 Å². The molecule has 0 saturated carbocycles. The molecule has 3 aliphatic rings. The van der Waals surface area contributed by atoms with Crippen LogP contribution in [-0.4, -0.2) is 0 Å². The summed E-state index contributed by atoms with van der Waals surface area (Å²) in [6, 6.07) is 74.2. The number of hydrogen-bond donors (Lipinski definition) is 0. The van der Waals surface area contributed by atoms with Crippen molar-refractivity contribution in [2.24, 2.45) is 0 Å². The highest BCUT2D eigenvalue weighted by Gasteiger charge is 2.53. The molecule has 2 heteroatoms. The fourth-order valence-corrected chi connectivity index (χ4v) is 11.4. The second-order valence-electron chi connectivity index (χ2n) is 17.1. The second-order valence-corrected chi connectivity index (χ2v) is 17.1. The maximum Gasteiger partial charge on any atom is 0.143 e. The lowest BCUT2D eigenvalue weighted by Crippen LogP contribution is -2.28. The molecule has 0 unspecified atom stereocenters. The van der Waals surface area contributed by atoms with Crippen molar-refractivity contribution in [1.29, 1.82) is 0 Å². The molecule has 60 heavy (non-hydrogen) atoms. The first kappa shape index (κ1) is 33.5. The Morgan fingerprint density at radius 3 is 1.60 bits per heavy atom. The molecule has 1 spiro atoms. The number of fused-ring (bicyclic) bond motifs is 16. The van der Waals surface area contributed by atoms with Gasteiger partial charge in [0.25, 0.3) is 0 Å². The maximum atomic E-state index is 6.54. The highest BCUT2D eigenvalue weighted by atomic mass is 16.3. The van der Waals surface area contributed by atoms with Crippen LogP contribution in [0.4, 0.5) is 17.1 Å². The average molecular weight is 766 g/mol. The summed E-state index contributed by atoms with van der Waals surface area (Å²) in [6.45, 7) is 4.75. The molecule has 0 fully saturated rings. The van der Waals surface area contributed by atoms with Gasteiger partial charge in [0, 0.05) is 38.6 Å². The van der Waals surface area contributed by atoms with Crippen molar-refractivity contribution in [2.45, 2.75) is 24.7 Å². The Morgan fingerprint density at radius 2 is 0.883 bits per heavy atom. The molecule has 0 N–H and O–H groups in total. The van der Waals surface area contributed by atoms with Gasteiger partial charge in [0.2, 0.25) is 0 Å². The van der Waals surface area contributed by atoms with E-state index >= 15 is 0 Å². The standard InChI is InChI=1S/C58H39NO/c1-57(2)46-24-8-6-20-45(46)54-50(57)28-15-29-51(54)59(37-34-32-36(33-35-37)38-21-13-23-44-42-19-7-12-31-53(42)60-56(38)44)52-30-14-22-43-41-18-5-11-27-49(41)58(55(43)52)47-25-9-3-16-39(47)40-17-4-10-26-48(40)58/h3-35H,1-2H3. The predicted octanol–water partition coefficient (Wildman–Crippen LogP) is 15.4. The van der Waals surface area contributed by atoms with E-state index < -0.39 is 5.41 Å². The highest BCUT2D eigenvalue weighted by molar-refractivity contribution is 6.10. The fourth-order valence-electron chi connectivity index (χ4n) is 11.4. The van der Waals surface area contributed by atoms with Crippen LogP contribution in [-0.2, 0) is 10.8 Å². The van der Waals surface area contributed by atoms with Crippen LogP contribution in [0.1, 0.15) is 47.2 Å². The first-order valence-corrected chi connectivity index (χ1v) is 21.0. The summed E-state index contributed by atoms with van der Waals surface area (Å²) in [5.74, 6) is 0. The van der Waals surface area contributed by atoms with Gasteiger partial charge in [-0.15, -0.1) is 0 Å². The number of para-hydroxylation sites is 2. The molecule has 1 aromatic heterocycles. The van der Waals surface area contributed by atoms with Crippen molar-refractivity contribution < 1.29 is 4.42 Å². The molecule has 0 aliphatic heterocycles. The summed E-state index contributed by atoms with van der Waals surface area (Å²) in [5.41, 5.74) is 22.6. The van der Waals surface area contributed by atoms with Crippen molar-refractivity contribution in [3.63, 3.8) is 0 Å². The molecular formula is C58H39NO. The lowest BCUT2D eigenvalue weighted by atomic mass is 9.70. The quantitative estimate of drug-likeness (QED) is 0.177. The Labute approximate surface area is 349 Å². The van der Waals surface area contributed by atoms with Gasteiger partial charge in [0.1, 0.15) is 11.2 Å². The normalized spacial score (nSPS) is 14.4. The molecule has 10 aromatic rings. The van der Waals surface area contributed by atoms with Crippen molar-refractivity contribution in [2.75, 3.05) is 4.90 Å². The predicted molar refractivity (Wildman–Crippen MR) is 248 cm³/mol. The molecule has 13 rings (SSSR count). The molecule has 2 nitrogen and oxygen atoms in total. The van der Waals surface area contributed by atoms with Crippen molar-refractivity contribution in [3.8, 4) is 44.5 Å². The smallest absolute Gasteiger partial charge is 0.143 e. The first-order chi connectivity index (χ1) is 29.5. The molecule has 0 atom stereocenters. The van der Waals surface area contributed by atoms with Crippen molar-refractivity contribution in [3.05, 3.63) is 234 Å². The van der Waals surface area contributed by atoms with Crippen LogP contribution < -0.4 is 4.90 Å². The molecule has 1 heterocycles. The first-order valence-electron chi connectivity index (χ1n) is 21.0. The van der Waals surface area contributed by atoms with Gasteiger partial charge in [-0.3, -0.25) is 0 Å². The minimum atomic E-state index is -0.514. The van der Waals surface area contributed by atoms with Gasteiger partial charge >= 0.3 is 0 Å². The number of anilines is 3. The van der Waals surface area contributed by atoms with E-state index in [0.29, 0.717) is 0 Å². The van der Waals surface area contributed by atoms with Gasteiger partial charge in [-0.05, 0) is 91.5 Å². The zero-order valence-corrected chi connectivity index (χ0v) is 33.4. The molecule has 0 saturated heterocycles.